The van der Waals surface area contributed by atoms with Gasteiger partial charge in [0.2, 0.25) is 5.90 Å². The lowest BCUT2D eigenvalue weighted by atomic mass is 10.00. The van der Waals surface area contributed by atoms with Gasteiger partial charge in [-0.05, 0) is 42.0 Å². The number of aliphatic hydroxyl groups is 2. The number of nitrogens with two attached hydrogens (primary N) is 1. The van der Waals surface area contributed by atoms with Crippen molar-refractivity contribution in [1.29, 1.82) is 0 Å². The first-order chi connectivity index (χ1) is 15.6. The number of nitrogens with zero attached hydrogens (tertiary/aromatic N) is 1. The number of hydrogen-bond donors (Lipinski definition) is 4. The molecule has 0 saturated carbocycles. The predicted molar refractivity (Wildman–Crippen MR) is 113 cm³/mol. The Morgan fingerprint density at radius 2 is 1.88 bits per heavy atom. The lowest BCUT2D eigenvalue weighted by Crippen LogP contribution is -2.43. The van der Waals surface area contributed by atoms with E-state index in [4.69, 9.17) is 26.6 Å². The van der Waals surface area contributed by atoms with E-state index in [1.54, 1.807) is 24.3 Å². The minimum absolute atomic E-state index is 0.0168. The van der Waals surface area contributed by atoms with Crippen molar-refractivity contribution in [3.05, 3.63) is 64.4 Å². The third kappa shape index (κ3) is 4.92. The summed E-state index contributed by atoms with van der Waals surface area (Å²) in [6, 6.07) is 11.0. The van der Waals surface area contributed by atoms with Crippen molar-refractivity contribution in [3.63, 3.8) is 0 Å². The maximum absolute atomic E-state index is 12.3. The number of hydrogen-bond acceptors (Lipinski definition) is 8. The number of nitrogens with one attached hydrogen (secondary N) is 1. The van der Waals surface area contributed by atoms with Crippen molar-refractivity contribution in [2.24, 2.45) is 10.7 Å². The first kappa shape index (κ1) is 23.3. The molecule has 0 amide bonds. The Hall–Kier alpha value is -2.83. The number of rotatable bonds is 7. The Labute approximate surface area is 190 Å². The van der Waals surface area contributed by atoms with Crippen LogP contribution >= 0.6 is 11.6 Å². The van der Waals surface area contributed by atoms with Crippen LogP contribution in [-0.4, -0.2) is 42.1 Å². The monoisotopic (exact) mass is 485 g/mol. The summed E-state index contributed by atoms with van der Waals surface area (Å²) in [5.41, 5.74) is 8.99. The van der Waals surface area contributed by atoms with Gasteiger partial charge < -0.3 is 29.9 Å². The maximum Gasteiger partial charge on any atom is 0.422 e. The lowest BCUT2D eigenvalue weighted by molar-refractivity contribution is -0.153. The van der Waals surface area contributed by atoms with Gasteiger partial charge in [-0.1, -0.05) is 17.7 Å². The molecule has 1 aliphatic heterocycles. The van der Waals surface area contributed by atoms with E-state index in [0.717, 1.165) is 5.56 Å². The number of halogens is 4. The lowest BCUT2D eigenvalue weighted by Gasteiger charge is -2.21. The number of furan rings is 1. The Morgan fingerprint density at radius 3 is 2.55 bits per heavy atom. The van der Waals surface area contributed by atoms with Crippen molar-refractivity contribution in [3.8, 4) is 5.75 Å². The highest BCUT2D eigenvalue weighted by Crippen LogP contribution is 2.32. The van der Waals surface area contributed by atoms with Gasteiger partial charge in [-0.25, -0.2) is 4.99 Å². The van der Waals surface area contributed by atoms with Crippen LogP contribution in [0.5, 0.6) is 5.75 Å². The largest absolute Gasteiger partial charge is 0.483 e. The number of alkyl halides is 3. The van der Waals surface area contributed by atoms with E-state index in [-0.39, 0.29) is 22.4 Å². The number of ether oxygens (including phenoxy) is 1. The van der Waals surface area contributed by atoms with Gasteiger partial charge in [-0.2, -0.15) is 13.2 Å². The molecule has 1 aliphatic rings. The molecule has 1 unspecified atom stereocenters. The van der Waals surface area contributed by atoms with Crippen molar-refractivity contribution in [2.45, 2.75) is 17.9 Å². The van der Waals surface area contributed by atoms with E-state index in [1.165, 1.54) is 18.2 Å². The van der Waals surface area contributed by atoms with Crippen LogP contribution in [0.25, 0.3) is 11.0 Å². The number of hydroxylamine groups is 1. The molecule has 5 N–H and O–H groups in total. The second-order valence-electron chi connectivity index (χ2n) is 7.49. The number of aliphatic imine (C=N–C) groups is 1. The Bertz CT molecular complexity index is 1190. The molecule has 0 aliphatic carbocycles. The van der Waals surface area contributed by atoms with Gasteiger partial charge in [0.05, 0.1) is 18.2 Å². The normalized spacial score (nSPS) is 16.7. The highest BCUT2D eigenvalue weighted by molar-refractivity contribution is 6.32. The average molecular weight is 486 g/mol. The third-order valence-electron chi connectivity index (χ3n) is 4.99. The van der Waals surface area contributed by atoms with Crippen LogP contribution in [0.15, 0.2) is 51.9 Å². The zero-order valence-corrected chi connectivity index (χ0v) is 17.7. The van der Waals surface area contributed by atoms with Crippen molar-refractivity contribution in [1.82, 2.24) is 5.48 Å². The molecule has 3 aromatic rings. The van der Waals surface area contributed by atoms with Gasteiger partial charge in [-0.3, -0.25) is 0 Å². The summed E-state index contributed by atoms with van der Waals surface area (Å²) in [5, 5.41) is 19.6. The van der Waals surface area contributed by atoms with Crippen LogP contribution in [0.2, 0.25) is 5.02 Å². The zero-order valence-electron chi connectivity index (χ0n) is 16.9. The summed E-state index contributed by atoms with van der Waals surface area (Å²) in [6.07, 6.45) is -5.06. The molecule has 4 rings (SSSR count). The molecule has 0 bridgehead atoms. The Kier molecular flexibility index (Phi) is 6.25. The Morgan fingerprint density at radius 1 is 1.12 bits per heavy atom. The molecule has 176 valence electrons. The highest BCUT2D eigenvalue weighted by atomic mass is 35.5. The van der Waals surface area contributed by atoms with Crippen molar-refractivity contribution >= 4 is 28.5 Å². The molecule has 0 fully saturated rings. The molecule has 8 nitrogen and oxygen atoms in total. The van der Waals surface area contributed by atoms with Gasteiger partial charge >= 0.3 is 6.18 Å². The molecule has 0 radical (unpaired) electrons. The van der Waals surface area contributed by atoms with E-state index in [9.17, 15) is 23.4 Å². The fourth-order valence-electron chi connectivity index (χ4n) is 3.15. The first-order valence-corrected chi connectivity index (χ1v) is 10.0. The summed E-state index contributed by atoms with van der Waals surface area (Å²) in [7, 11) is 0. The second kappa shape index (κ2) is 8.84. The molecule has 2 heterocycles. The average Bonchev–Trinajstić information content (AvgIpc) is 3.44. The molecule has 1 atom stereocenters. The number of benzene rings is 2. The predicted octanol–water partition coefficient (Wildman–Crippen LogP) is 3.15. The van der Waals surface area contributed by atoms with Gasteiger partial charge in [0.15, 0.2) is 12.8 Å². The van der Waals surface area contributed by atoms with E-state index in [1.807, 2.05) is 0 Å². The number of fused-ring (bicyclic) bond motifs is 1. The van der Waals surface area contributed by atoms with Crippen LogP contribution < -0.4 is 16.0 Å². The standard InChI is InChI=1S/C21H19ClF3N3O5/c22-14-6-12(2-4-16(14)31-10-21(23,24)25)19-27-18(28-33-19)11-1-3-15-13(5-11)7-17(32-15)20(26,8-29)9-30/h1-7,18,28-30H,8-10,26H2. The number of aliphatic hydroxyl groups excluding tert-OH is 2. The molecular formula is C21H19ClF3N3O5. The quantitative estimate of drug-likeness (QED) is 0.405. The molecule has 1 aromatic heterocycles. The van der Waals surface area contributed by atoms with Crippen LogP contribution in [-0.2, 0) is 10.4 Å². The summed E-state index contributed by atoms with van der Waals surface area (Å²) < 4.78 is 47.4. The van der Waals surface area contributed by atoms with Gasteiger partial charge in [0.25, 0.3) is 0 Å². The molecule has 33 heavy (non-hydrogen) atoms. The van der Waals surface area contributed by atoms with Gasteiger partial charge in [0, 0.05) is 10.9 Å². The highest BCUT2D eigenvalue weighted by Gasteiger charge is 2.31. The minimum atomic E-state index is -4.48. The second-order valence-corrected chi connectivity index (χ2v) is 7.89. The summed E-state index contributed by atoms with van der Waals surface area (Å²) in [5.74, 6) is 0.324. The van der Waals surface area contributed by atoms with Crippen molar-refractivity contribution < 1.29 is 37.4 Å². The van der Waals surface area contributed by atoms with E-state index in [2.05, 4.69) is 15.2 Å². The summed E-state index contributed by atoms with van der Waals surface area (Å²) in [6.45, 7) is -2.44. The van der Waals surface area contributed by atoms with Crippen LogP contribution in [0.1, 0.15) is 23.1 Å². The Balaban J connectivity index is 1.54. The van der Waals surface area contributed by atoms with Crippen LogP contribution in [0, 0.1) is 0 Å². The molecule has 0 saturated heterocycles. The summed E-state index contributed by atoms with van der Waals surface area (Å²) >= 11 is 6.04. The SMILES string of the molecule is NC(CO)(CO)c1cc2cc(C3N=C(c4ccc(OCC(F)(F)F)c(Cl)c4)ON3)ccc2o1. The fourth-order valence-corrected chi connectivity index (χ4v) is 3.39. The molecule has 12 heteroatoms. The molecule has 2 aromatic carbocycles. The maximum atomic E-state index is 12.3. The summed E-state index contributed by atoms with van der Waals surface area (Å²) in [4.78, 5) is 9.88. The van der Waals surface area contributed by atoms with E-state index >= 15 is 0 Å². The topological polar surface area (TPSA) is 122 Å². The van der Waals surface area contributed by atoms with Crippen LogP contribution in [0.4, 0.5) is 13.2 Å². The smallest absolute Gasteiger partial charge is 0.422 e. The fraction of sp³-hybridized carbons (Fsp3) is 0.286. The van der Waals surface area contributed by atoms with Crippen LogP contribution in [0.3, 0.4) is 0 Å². The first-order valence-electron chi connectivity index (χ1n) is 9.66. The van der Waals surface area contributed by atoms with E-state index in [0.29, 0.717) is 16.5 Å². The van der Waals surface area contributed by atoms with Crippen molar-refractivity contribution in [2.75, 3.05) is 19.8 Å². The third-order valence-corrected chi connectivity index (χ3v) is 5.29. The minimum Gasteiger partial charge on any atom is -0.483 e. The molecule has 0 spiro atoms. The van der Waals surface area contributed by atoms with E-state index < -0.39 is 37.7 Å². The van der Waals surface area contributed by atoms with Gasteiger partial charge in [-0.15, -0.1) is 5.48 Å². The van der Waals surface area contributed by atoms with Gasteiger partial charge in [0.1, 0.15) is 22.6 Å². The molecular weight excluding hydrogens is 467 g/mol. The zero-order chi connectivity index (χ0) is 23.8.